The van der Waals surface area contributed by atoms with E-state index in [1.165, 1.54) is 72.6 Å². The number of aromatic hydroxyl groups is 4. The van der Waals surface area contributed by atoms with E-state index in [2.05, 4.69) is 89.4 Å². The van der Waals surface area contributed by atoms with Crippen molar-refractivity contribution in [1.82, 2.24) is 18.3 Å². The Hall–Kier alpha value is -13.9. The Labute approximate surface area is 743 Å². The van der Waals surface area contributed by atoms with Crippen molar-refractivity contribution in [1.29, 1.82) is 21.0 Å². The van der Waals surface area contributed by atoms with Gasteiger partial charge in [-0.15, -0.1) is 40.9 Å². The monoisotopic (exact) mass is 1740 g/mol. The molecule has 10 rings (SSSR count). The molecule has 0 radical (unpaired) electrons. The molecule has 2 aliphatic carbocycles. The molecule has 0 amide bonds. The zero-order valence-electron chi connectivity index (χ0n) is 74.8. The lowest BCUT2D eigenvalue weighted by atomic mass is 9.75. The SMILES string of the molecule is CCCCCCCCCCCC(n1c(O)c(C)c(C#N)c(N=Nc2ccccc2C(=O)OC2CC(C)CCC2C(C)C)c1=O)n1c(O)c(C)c(C#N)c(N=Nc2ccccc2C(=O)OC2CC(C)CCC2C(C)C)c1=O.COC(=O)c1ccccc1N=Nc1c(C#N)c(C)c(O)n(CCCCCCn2c(O)c(C)c(C#N)c(N=Nc3ccccc3C(=O)OC)c2=O)c1=O. The van der Waals surface area contributed by atoms with Gasteiger partial charge < -0.3 is 39.4 Å². The van der Waals surface area contributed by atoms with Crippen LogP contribution in [0.2, 0.25) is 0 Å². The van der Waals surface area contributed by atoms with E-state index in [0.29, 0.717) is 62.2 Å². The third-order valence-electron chi connectivity index (χ3n) is 24.0. The number of rotatable bonds is 35. The molecule has 32 nitrogen and oxygen atoms in total. The molecule has 0 bridgehead atoms. The summed E-state index contributed by atoms with van der Waals surface area (Å²) in [5.74, 6) is -2.92. The molecular formula is C96H112N16O16. The quantitative estimate of drug-likeness (QED) is 0.0124. The number of nitrogens with zero attached hydrogens (tertiary/aromatic N) is 16. The zero-order chi connectivity index (χ0) is 93.2. The topological polar surface area (TPSA) is 468 Å². The van der Waals surface area contributed by atoms with Gasteiger partial charge in [-0.2, -0.15) is 21.0 Å². The average Bonchev–Trinajstić information content (AvgIpc) is 0.741. The van der Waals surface area contributed by atoms with Crippen LogP contribution in [0.15, 0.2) is 157 Å². The smallest absolute Gasteiger partial charge is 0.340 e. The first-order valence-corrected chi connectivity index (χ1v) is 43.5. The fourth-order valence-electron chi connectivity index (χ4n) is 16.5. The lowest BCUT2D eigenvalue weighted by molar-refractivity contribution is -0.0181. The Morgan fingerprint density at radius 2 is 0.680 bits per heavy atom. The van der Waals surface area contributed by atoms with Gasteiger partial charge in [-0.3, -0.25) is 37.4 Å². The predicted molar refractivity (Wildman–Crippen MR) is 478 cm³/mol. The highest BCUT2D eigenvalue weighted by Crippen LogP contribution is 2.42. The molecule has 2 saturated carbocycles. The van der Waals surface area contributed by atoms with Crippen molar-refractivity contribution in [3.8, 4) is 47.8 Å². The fraction of sp³-hybridized carbons (Fsp3) is 0.458. The second-order valence-corrected chi connectivity index (χ2v) is 33.3. The number of hydrogen-bond donors (Lipinski definition) is 4. The van der Waals surface area contributed by atoms with E-state index in [1.807, 2.05) is 24.3 Å². The number of ether oxygens (including phenoxy) is 4. The molecule has 0 saturated heterocycles. The number of pyridine rings is 4. The summed E-state index contributed by atoms with van der Waals surface area (Å²) >= 11 is 0. The molecule has 0 aliphatic heterocycles. The standard InChI is InChI=1S/C60H78N8O8.C36H34N8O8/c1-10-11-12-13-14-15-16-17-18-27-52(67-55(69)40(8)46(34-61)53(57(67)71)65-63-48-25-21-19-23-44(48)59(73)75-50-32-38(6)28-30-42(50)36(2)3)68-56(70)41(9)47(35-62)54(58(68)72)66-64-49-26-22-20-24-45(49)60(74)76-51-33-39(7)29-31-43(51)37(4)5;1-21-25(19-37)29(41-39-27-15-9-7-13-23(27)35(49)51-3)33(47)43(31(21)45)17-11-5-6-12-18-44-32(46)22(2)26(20-38)30(34(44)48)42-40-28-16-10-8-14-24(28)36(50)52-4/h19-26,36-39,42-43,50-52,69-70H,10-18,27-33H2,1-9H3;7-10,13-16,45-46H,5-6,11-12,17-18H2,1-4H3. The van der Waals surface area contributed by atoms with Crippen LogP contribution in [-0.2, 0) is 32.0 Å². The molecule has 8 aromatic rings. The van der Waals surface area contributed by atoms with Gasteiger partial charge in [0, 0.05) is 35.3 Å². The summed E-state index contributed by atoms with van der Waals surface area (Å²) in [6, 6.07) is 33.0. The minimum Gasteiger partial charge on any atom is -0.494 e. The molecule has 6 unspecified atom stereocenters. The molecule has 4 N–H and O–H groups in total. The first-order valence-electron chi connectivity index (χ1n) is 43.5. The van der Waals surface area contributed by atoms with E-state index in [9.17, 15) is 70.2 Å². The highest BCUT2D eigenvalue weighted by molar-refractivity contribution is 5.97. The van der Waals surface area contributed by atoms with E-state index in [-0.39, 0.29) is 144 Å². The van der Waals surface area contributed by atoms with Gasteiger partial charge in [-0.05, 0) is 163 Å². The summed E-state index contributed by atoms with van der Waals surface area (Å²) in [4.78, 5) is 109. The summed E-state index contributed by atoms with van der Waals surface area (Å²) in [6.07, 6.45) is 13.8. The molecule has 4 heterocycles. The number of esters is 4. The number of benzene rings is 4. The molecule has 2 fully saturated rings. The Kier molecular flexibility index (Phi) is 35.5. The van der Waals surface area contributed by atoms with Crippen molar-refractivity contribution in [2.24, 2.45) is 76.4 Å². The maximum atomic E-state index is 15.0. The number of carbonyl (C=O) groups excluding carboxylic acids is 4. The first-order chi connectivity index (χ1) is 61.4. The van der Waals surface area contributed by atoms with Crippen molar-refractivity contribution in [2.45, 2.75) is 236 Å². The van der Waals surface area contributed by atoms with Gasteiger partial charge in [0.05, 0.1) is 58.7 Å². The van der Waals surface area contributed by atoms with Gasteiger partial charge in [-0.1, -0.05) is 174 Å². The van der Waals surface area contributed by atoms with Crippen LogP contribution in [0.5, 0.6) is 23.5 Å². The van der Waals surface area contributed by atoms with Crippen LogP contribution in [0.25, 0.3) is 0 Å². The van der Waals surface area contributed by atoms with Crippen LogP contribution in [0.1, 0.15) is 269 Å². The Morgan fingerprint density at radius 1 is 0.398 bits per heavy atom. The predicted octanol–water partition coefficient (Wildman–Crippen LogP) is 21.3. The van der Waals surface area contributed by atoms with Gasteiger partial charge >= 0.3 is 23.9 Å². The maximum Gasteiger partial charge on any atom is 0.340 e. The molecule has 4 aromatic heterocycles. The van der Waals surface area contributed by atoms with E-state index < -0.39 is 87.2 Å². The van der Waals surface area contributed by atoms with Crippen LogP contribution in [-0.4, -0.2) is 89.0 Å². The summed E-state index contributed by atoms with van der Waals surface area (Å²) in [5, 5.41) is 119. The minimum absolute atomic E-state index is 0.0122. The van der Waals surface area contributed by atoms with Crippen LogP contribution >= 0.6 is 0 Å². The summed E-state index contributed by atoms with van der Waals surface area (Å²) in [6.45, 7) is 20.9. The third-order valence-corrected chi connectivity index (χ3v) is 24.0. The largest absolute Gasteiger partial charge is 0.494 e. The summed E-state index contributed by atoms with van der Waals surface area (Å²) in [5.41, 5.74) is -5.04. The highest BCUT2D eigenvalue weighted by Gasteiger charge is 2.38. The van der Waals surface area contributed by atoms with Crippen molar-refractivity contribution >= 4 is 69.4 Å². The van der Waals surface area contributed by atoms with Gasteiger partial charge in [0.15, 0.2) is 46.3 Å². The second kappa shape index (κ2) is 46.4. The van der Waals surface area contributed by atoms with Crippen LogP contribution in [0, 0.1) is 109 Å². The molecule has 6 atom stereocenters. The van der Waals surface area contributed by atoms with Crippen molar-refractivity contribution in [2.75, 3.05) is 14.2 Å². The highest BCUT2D eigenvalue weighted by atomic mass is 16.6. The van der Waals surface area contributed by atoms with E-state index in [1.54, 1.807) is 72.8 Å². The third kappa shape index (κ3) is 23.2. The van der Waals surface area contributed by atoms with Crippen LogP contribution < -0.4 is 22.2 Å². The molecule has 32 heteroatoms. The van der Waals surface area contributed by atoms with Crippen molar-refractivity contribution < 1.29 is 58.6 Å². The van der Waals surface area contributed by atoms with Crippen LogP contribution in [0.3, 0.4) is 0 Å². The number of azo groups is 4. The number of nitriles is 4. The fourth-order valence-corrected chi connectivity index (χ4v) is 16.5. The van der Waals surface area contributed by atoms with E-state index >= 15 is 9.59 Å². The molecule has 128 heavy (non-hydrogen) atoms. The van der Waals surface area contributed by atoms with Crippen molar-refractivity contribution in [3.63, 3.8) is 0 Å². The van der Waals surface area contributed by atoms with Gasteiger partial charge in [-0.25, -0.2) is 19.2 Å². The van der Waals surface area contributed by atoms with Gasteiger partial charge in [0.25, 0.3) is 22.2 Å². The molecule has 2 aliphatic rings. The van der Waals surface area contributed by atoms with E-state index in [4.69, 9.17) is 18.9 Å². The Bertz CT molecular complexity index is 5620. The van der Waals surface area contributed by atoms with Crippen molar-refractivity contribution in [3.05, 3.63) is 205 Å². The second-order valence-electron chi connectivity index (χ2n) is 33.3. The lowest BCUT2D eigenvalue weighted by Gasteiger charge is -2.36. The summed E-state index contributed by atoms with van der Waals surface area (Å²) in [7, 11) is 2.43. The normalized spacial score (nSPS) is 16.5. The van der Waals surface area contributed by atoms with E-state index in [0.717, 1.165) is 95.3 Å². The molecule has 672 valence electrons. The van der Waals surface area contributed by atoms with Gasteiger partial charge in [0.1, 0.15) is 65.4 Å². The van der Waals surface area contributed by atoms with Crippen LogP contribution in [0.4, 0.5) is 45.5 Å². The number of hydrogen-bond acceptors (Lipinski definition) is 28. The number of aromatic nitrogens is 4. The lowest BCUT2D eigenvalue weighted by Crippen LogP contribution is -2.36. The first kappa shape index (κ1) is 97.9. The average molecular weight is 1750 g/mol. The minimum atomic E-state index is -1.46. The number of unbranched alkanes of at least 4 members (excludes halogenated alkanes) is 11. The summed E-state index contributed by atoms with van der Waals surface area (Å²) < 4.78 is 25.8. The molecular weight excluding hydrogens is 1630 g/mol. The number of carbonyl (C=O) groups is 4. The number of methoxy groups -OCH3 is 2. The van der Waals surface area contributed by atoms with Gasteiger partial charge in [0.2, 0.25) is 0 Å². The molecule has 4 aromatic carbocycles. The maximum absolute atomic E-state index is 15.0. The Morgan fingerprint density at radius 3 is 0.984 bits per heavy atom. The molecule has 0 spiro atoms. The Balaban J connectivity index is 0.000000310. The zero-order valence-corrected chi connectivity index (χ0v) is 74.8.